The summed E-state index contributed by atoms with van der Waals surface area (Å²) in [5, 5.41) is 1.20. The molecule has 2 aromatic rings. The number of anilines is 1. The number of ether oxygens (including phenoxy) is 2. The Morgan fingerprint density at radius 1 is 1.24 bits per heavy atom. The van der Waals surface area contributed by atoms with Crippen LogP contribution in [-0.4, -0.2) is 43.5 Å². The molecule has 21 heavy (non-hydrogen) atoms. The van der Waals surface area contributed by atoms with Gasteiger partial charge in [0, 0.05) is 25.0 Å². The second-order valence-electron chi connectivity index (χ2n) is 6.08. The monoisotopic (exact) mass is 284 g/mol. The van der Waals surface area contributed by atoms with E-state index in [9.17, 15) is 0 Å². The summed E-state index contributed by atoms with van der Waals surface area (Å²) in [6.07, 6.45) is 0.982. The highest BCUT2D eigenvalue weighted by Crippen LogP contribution is 2.31. The van der Waals surface area contributed by atoms with Crippen LogP contribution in [-0.2, 0) is 9.47 Å². The maximum Gasteiger partial charge on any atom is 0.132 e. The number of rotatable bonds is 1. The molecule has 0 N–H and O–H groups in total. The van der Waals surface area contributed by atoms with Gasteiger partial charge in [-0.1, -0.05) is 18.2 Å². The molecule has 1 spiro atoms. The number of para-hydroxylation sites is 1. The molecule has 2 aliphatic rings. The Bertz CT molecular complexity index is 665. The van der Waals surface area contributed by atoms with Crippen LogP contribution < -0.4 is 4.90 Å². The van der Waals surface area contributed by atoms with Gasteiger partial charge in [0.05, 0.1) is 25.3 Å². The summed E-state index contributed by atoms with van der Waals surface area (Å²) in [5.74, 6) is 1.09. The van der Waals surface area contributed by atoms with Crippen LogP contribution in [0.5, 0.6) is 0 Å². The molecule has 4 nitrogen and oxygen atoms in total. The van der Waals surface area contributed by atoms with E-state index in [-0.39, 0.29) is 5.60 Å². The van der Waals surface area contributed by atoms with E-state index < -0.39 is 0 Å². The second-order valence-corrected chi connectivity index (χ2v) is 6.08. The molecular formula is C17H20N2O2. The molecule has 0 bridgehead atoms. The van der Waals surface area contributed by atoms with Crippen molar-refractivity contribution in [2.75, 3.05) is 37.8 Å². The Labute approximate surface area is 124 Å². The van der Waals surface area contributed by atoms with Crippen molar-refractivity contribution in [1.82, 2.24) is 4.98 Å². The van der Waals surface area contributed by atoms with Crippen molar-refractivity contribution in [2.45, 2.75) is 18.9 Å². The average Bonchev–Trinajstić information content (AvgIpc) is 2.94. The van der Waals surface area contributed by atoms with E-state index in [1.807, 2.05) is 6.07 Å². The van der Waals surface area contributed by atoms with Crippen molar-refractivity contribution in [3.63, 3.8) is 0 Å². The van der Waals surface area contributed by atoms with E-state index in [1.165, 1.54) is 10.9 Å². The number of hydrogen-bond acceptors (Lipinski definition) is 4. The van der Waals surface area contributed by atoms with Crippen LogP contribution in [0.2, 0.25) is 0 Å². The molecule has 4 rings (SSSR count). The summed E-state index contributed by atoms with van der Waals surface area (Å²) in [6.45, 7) is 6.17. The molecule has 1 atom stereocenters. The number of benzene rings is 1. The fourth-order valence-corrected chi connectivity index (χ4v) is 3.38. The van der Waals surface area contributed by atoms with Crippen LogP contribution >= 0.6 is 0 Å². The summed E-state index contributed by atoms with van der Waals surface area (Å²) in [4.78, 5) is 7.24. The Hall–Kier alpha value is -1.65. The van der Waals surface area contributed by atoms with Gasteiger partial charge in [0.25, 0.3) is 0 Å². The van der Waals surface area contributed by atoms with Crippen molar-refractivity contribution in [2.24, 2.45) is 0 Å². The molecule has 1 unspecified atom stereocenters. The molecule has 2 saturated heterocycles. The zero-order valence-electron chi connectivity index (χ0n) is 12.3. The minimum absolute atomic E-state index is 0.127. The van der Waals surface area contributed by atoms with Gasteiger partial charge in [0.1, 0.15) is 11.4 Å². The minimum atomic E-state index is -0.127. The first-order chi connectivity index (χ1) is 10.3. The predicted octanol–water partition coefficient (Wildman–Crippen LogP) is 2.54. The first-order valence-electron chi connectivity index (χ1n) is 7.59. The highest BCUT2D eigenvalue weighted by Gasteiger charge is 2.41. The van der Waals surface area contributed by atoms with Gasteiger partial charge < -0.3 is 14.4 Å². The van der Waals surface area contributed by atoms with Crippen molar-refractivity contribution in [1.29, 1.82) is 0 Å². The summed E-state index contributed by atoms with van der Waals surface area (Å²) >= 11 is 0. The number of aromatic nitrogens is 1. The number of pyridine rings is 1. The van der Waals surface area contributed by atoms with Gasteiger partial charge in [-0.05, 0) is 24.6 Å². The van der Waals surface area contributed by atoms with Crippen LogP contribution in [0, 0.1) is 6.92 Å². The molecule has 0 radical (unpaired) electrons. The van der Waals surface area contributed by atoms with E-state index in [2.05, 4.69) is 36.1 Å². The Morgan fingerprint density at radius 3 is 3.00 bits per heavy atom. The highest BCUT2D eigenvalue weighted by molar-refractivity contribution is 5.81. The van der Waals surface area contributed by atoms with Gasteiger partial charge in [0.2, 0.25) is 0 Å². The lowest BCUT2D eigenvalue weighted by molar-refractivity contribution is -0.0581. The van der Waals surface area contributed by atoms with Gasteiger partial charge in [-0.15, -0.1) is 0 Å². The smallest absolute Gasteiger partial charge is 0.132 e. The standard InChI is InChI=1S/C17H20N2O2/c1-13-10-14-4-2-3-5-15(14)18-16(13)19-7-9-21-17(11-19)6-8-20-12-17/h2-5,10H,6-9,11-12H2,1H3. The van der Waals surface area contributed by atoms with Gasteiger partial charge >= 0.3 is 0 Å². The SMILES string of the molecule is Cc1cc2ccccc2nc1N1CCOC2(CCOC2)C1. The number of nitrogens with zero attached hydrogens (tertiary/aromatic N) is 2. The lowest BCUT2D eigenvalue weighted by atomic mass is 10.0. The minimum Gasteiger partial charge on any atom is -0.378 e. The van der Waals surface area contributed by atoms with Crippen LogP contribution in [0.4, 0.5) is 5.82 Å². The summed E-state index contributed by atoms with van der Waals surface area (Å²) in [7, 11) is 0. The highest BCUT2D eigenvalue weighted by atomic mass is 16.6. The molecule has 1 aromatic heterocycles. The molecule has 2 fully saturated rings. The first kappa shape index (κ1) is 13.0. The predicted molar refractivity (Wildman–Crippen MR) is 82.8 cm³/mol. The number of hydrogen-bond donors (Lipinski definition) is 0. The van der Waals surface area contributed by atoms with Gasteiger partial charge in [-0.25, -0.2) is 4.98 Å². The molecular weight excluding hydrogens is 264 g/mol. The zero-order chi connectivity index (χ0) is 14.3. The third kappa shape index (κ3) is 2.28. The van der Waals surface area contributed by atoms with Crippen LogP contribution in [0.25, 0.3) is 10.9 Å². The largest absolute Gasteiger partial charge is 0.378 e. The second kappa shape index (κ2) is 4.97. The zero-order valence-corrected chi connectivity index (χ0v) is 12.3. The lowest BCUT2D eigenvalue weighted by Crippen LogP contribution is -2.52. The summed E-state index contributed by atoms with van der Waals surface area (Å²) in [6, 6.07) is 10.5. The van der Waals surface area contributed by atoms with Crippen molar-refractivity contribution in [3.8, 4) is 0 Å². The van der Waals surface area contributed by atoms with Crippen molar-refractivity contribution >= 4 is 16.7 Å². The van der Waals surface area contributed by atoms with Crippen LogP contribution in [0.3, 0.4) is 0 Å². The molecule has 0 saturated carbocycles. The molecule has 0 amide bonds. The fraction of sp³-hybridized carbons (Fsp3) is 0.471. The van der Waals surface area contributed by atoms with Crippen LogP contribution in [0.15, 0.2) is 30.3 Å². The van der Waals surface area contributed by atoms with E-state index >= 15 is 0 Å². The Balaban J connectivity index is 1.70. The maximum atomic E-state index is 6.01. The average molecular weight is 284 g/mol. The number of morpholine rings is 1. The Morgan fingerprint density at radius 2 is 2.14 bits per heavy atom. The third-order valence-corrected chi connectivity index (χ3v) is 4.50. The van der Waals surface area contributed by atoms with Crippen LogP contribution in [0.1, 0.15) is 12.0 Å². The Kier molecular flexibility index (Phi) is 3.08. The van der Waals surface area contributed by atoms with E-state index in [0.29, 0.717) is 6.61 Å². The first-order valence-corrected chi connectivity index (χ1v) is 7.59. The summed E-state index contributed by atoms with van der Waals surface area (Å²) in [5.41, 5.74) is 2.16. The molecule has 110 valence electrons. The normalized spacial score (nSPS) is 25.9. The number of fused-ring (bicyclic) bond motifs is 1. The summed E-state index contributed by atoms with van der Waals surface area (Å²) < 4.78 is 11.6. The van der Waals surface area contributed by atoms with E-state index in [1.54, 1.807) is 0 Å². The number of aryl methyl sites for hydroxylation is 1. The van der Waals surface area contributed by atoms with Gasteiger partial charge in [-0.3, -0.25) is 0 Å². The fourth-order valence-electron chi connectivity index (χ4n) is 3.38. The topological polar surface area (TPSA) is 34.6 Å². The molecule has 0 aliphatic carbocycles. The molecule has 4 heteroatoms. The van der Waals surface area contributed by atoms with E-state index in [4.69, 9.17) is 14.5 Å². The lowest BCUT2D eigenvalue weighted by Gasteiger charge is -2.40. The molecule has 3 heterocycles. The van der Waals surface area contributed by atoms with Crippen molar-refractivity contribution < 1.29 is 9.47 Å². The quantitative estimate of drug-likeness (QED) is 0.806. The molecule has 2 aliphatic heterocycles. The van der Waals surface area contributed by atoms with Gasteiger partial charge in [0.15, 0.2) is 0 Å². The third-order valence-electron chi connectivity index (χ3n) is 4.50. The van der Waals surface area contributed by atoms with E-state index in [0.717, 1.165) is 44.1 Å². The maximum absolute atomic E-state index is 6.01. The van der Waals surface area contributed by atoms with Crippen molar-refractivity contribution in [3.05, 3.63) is 35.9 Å². The van der Waals surface area contributed by atoms with Gasteiger partial charge in [-0.2, -0.15) is 0 Å². The molecule has 1 aromatic carbocycles.